The maximum absolute atomic E-state index is 12.7. The van der Waals surface area contributed by atoms with Crippen LogP contribution in [0.1, 0.15) is 42.5 Å². The molecule has 3 aromatic rings. The average Bonchev–Trinajstić information content (AvgIpc) is 2.90. The molecule has 0 unspecified atom stereocenters. The standard InChI is InChI=1S/C21H20ClNO3/c1-12-16-10-9-15(23-20(25)21(2,3)4)11-17(16)26-19(12)18(24)13-5-7-14(22)8-6-13/h5-11H,1-4H3,(H,23,25). The zero-order chi connectivity index (χ0) is 19.1. The number of hydrogen-bond donors (Lipinski definition) is 1. The molecule has 1 amide bonds. The lowest BCUT2D eigenvalue weighted by atomic mass is 9.95. The molecule has 0 saturated heterocycles. The van der Waals surface area contributed by atoms with Gasteiger partial charge in [0, 0.05) is 38.7 Å². The number of rotatable bonds is 3. The molecular formula is C21H20ClNO3. The highest BCUT2D eigenvalue weighted by Gasteiger charge is 2.22. The predicted octanol–water partition coefficient (Wildman–Crippen LogP) is 5.61. The van der Waals surface area contributed by atoms with Gasteiger partial charge in [-0.3, -0.25) is 9.59 Å². The number of aryl methyl sites for hydroxylation is 1. The normalized spacial score (nSPS) is 11.6. The number of hydrogen-bond acceptors (Lipinski definition) is 3. The fourth-order valence-corrected chi connectivity index (χ4v) is 2.70. The van der Waals surface area contributed by atoms with E-state index in [1.807, 2.05) is 39.8 Å². The minimum absolute atomic E-state index is 0.0856. The van der Waals surface area contributed by atoms with Gasteiger partial charge in [-0.25, -0.2) is 0 Å². The summed E-state index contributed by atoms with van der Waals surface area (Å²) in [7, 11) is 0. The van der Waals surface area contributed by atoms with E-state index in [2.05, 4.69) is 5.32 Å². The van der Waals surface area contributed by atoms with Crippen LogP contribution < -0.4 is 5.32 Å². The molecular weight excluding hydrogens is 350 g/mol. The summed E-state index contributed by atoms with van der Waals surface area (Å²) in [6, 6.07) is 12.1. The van der Waals surface area contributed by atoms with Crippen molar-refractivity contribution in [1.29, 1.82) is 0 Å². The summed E-state index contributed by atoms with van der Waals surface area (Å²) >= 11 is 5.88. The molecule has 2 aromatic carbocycles. The largest absolute Gasteiger partial charge is 0.452 e. The first kappa shape index (κ1) is 18.2. The van der Waals surface area contributed by atoms with Crippen molar-refractivity contribution in [3.63, 3.8) is 0 Å². The van der Waals surface area contributed by atoms with Gasteiger partial charge in [0.2, 0.25) is 11.7 Å². The monoisotopic (exact) mass is 369 g/mol. The van der Waals surface area contributed by atoms with E-state index in [1.54, 1.807) is 30.3 Å². The number of nitrogens with one attached hydrogen (secondary N) is 1. The van der Waals surface area contributed by atoms with E-state index >= 15 is 0 Å². The van der Waals surface area contributed by atoms with Gasteiger partial charge >= 0.3 is 0 Å². The Bertz CT molecular complexity index is 995. The molecule has 1 N–H and O–H groups in total. The van der Waals surface area contributed by atoms with Gasteiger partial charge in [-0.1, -0.05) is 32.4 Å². The lowest BCUT2D eigenvalue weighted by molar-refractivity contribution is -0.123. The van der Waals surface area contributed by atoms with Crippen molar-refractivity contribution in [3.8, 4) is 0 Å². The highest BCUT2D eigenvalue weighted by molar-refractivity contribution is 6.30. The van der Waals surface area contributed by atoms with Crippen LogP contribution in [0.3, 0.4) is 0 Å². The minimum atomic E-state index is -0.496. The summed E-state index contributed by atoms with van der Waals surface area (Å²) in [5.74, 6) is 0.00913. The molecule has 0 saturated carbocycles. The first-order chi connectivity index (χ1) is 12.2. The molecule has 0 bridgehead atoms. The zero-order valence-electron chi connectivity index (χ0n) is 15.1. The van der Waals surface area contributed by atoms with E-state index in [-0.39, 0.29) is 11.7 Å². The van der Waals surface area contributed by atoms with Crippen molar-refractivity contribution in [3.05, 3.63) is 64.4 Å². The van der Waals surface area contributed by atoms with E-state index in [1.165, 1.54) is 0 Å². The van der Waals surface area contributed by atoms with Crippen LogP contribution in [0.4, 0.5) is 5.69 Å². The fraction of sp³-hybridized carbons (Fsp3) is 0.238. The molecule has 0 fully saturated rings. The van der Waals surface area contributed by atoms with Crippen LogP contribution in [0.5, 0.6) is 0 Å². The Balaban J connectivity index is 1.96. The zero-order valence-corrected chi connectivity index (χ0v) is 15.9. The third-order valence-electron chi connectivity index (χ3n) is 4.19. The summed E-state index contributed by atoms with van der Waals surface area (Å²) in [6.45, 7) is 7.39. The Labute approximate surface area is 157 Å². The second-order valence-electron chi connectivity index (χ2n) is 7.31. The average molecular weight is 370 g/mol. The molecule has 1 aromatic heterocycles. The lowest BCUT2D eigenvalue weighted by Gasteiger charge is -2.17. The van der Waals surface area contributed by atoms with Crippen LogP contribution in [0.2, 0.25) is 5.02 Å². The molecule has 0 aliphatic heterocycles. The van der Waals surface area contributed by atoms with Gasteiger partial charge in [-0.15, -0.1) is 0 Å². The Kier molecular flexibility index (Phi) is 4.63. The number of benzene rings is 2. The maximum atomic E-state index is 12.7. The summed E-state index contributed by atoms with van der Waals surface area (Å²) in [6.07, 6.45) is 0. The van der Waals surface area contributed by atoms with Gasteiger partial charge in [0.15, 0.2) is 5.76 Å². The smallest absolute Gasteiger partial charge is 0.229 e. The number of anilines is 1. The predicted molar refractivity (Wildman–Crippen MR) is 104 cm³/mol. The van der Waals surface area contributed by atoms with E-state index < -0.39 is 5.41 Å². The quantitative estimate of drug-likeness (QED) is 0.610. The number of amides is 1. The van der Waals surface area contributed by atoms with Crippen LogP contribution in [0, 0.1) is 12.3 Å². The minimum Gasteiger partial charge on any atom is -0.452 e. The molecule has 0 spiro atoms. The number of halogens is 1. The van der Waals surface area contributed by atoms with Crippen LogP contribution in [-0.4, -0.2) is 11.7 Å². The van der Waals surface area contributed by atoms with Crippen LogP contribution >= 0.6 is 11.6 Å². The number of carbonyl (C=O) groups excluding carboxylic acids is 2. The van der Waals surface area contributed by atoms with Crippen molar-refractivity contribution < 1.29 is 14.0 Å². The molecule has 134 valence electrons. The van der Waals surface area contributed by atoms with Gasteiger partial charge in [0.25, 0.3) is 0 Å². The van der Waals surface area contributed by atoms with Gasteiger partial charge in [0.1, 0.15) is 5.58 Å². The third-order valence-corrected chi connectivity index (χ3v) is 4.44. The van der Waals surface area contributed by atoms with E-state index in [9.17, 15) is 9.59 Å². The van der Waals surface area contributed by atoms with E-state index in [4.69, 9.17) is 16.0 Å². The summed E-state index contributed by atoms with van der Waals surface area (Å²) in [4.78, 5) is 24.9. The molecule has 0 aliphatic carbocycles. The van der Waals surface area contributed by atoms with E-state index in [0.717, 1.165) is 10.9 Å². The van der Waals surface area contributed by atoms with Crippen LogP contribution in [0.25, 0.3) is 11.0 Å². The van der Waals surface area contributed by atoms with Crippen molar-refractivity contribution in [2.24, 2.45) is 5.41 Å². The fourth-order valence-electron chi connectivity index (χ4n) is 2.57. The first-order valence-electron chi connectivity index (χ1n) is 8.31. The molecule has 0 aliphatic rings. The third kappa shape index (κ3) is 3.51. The Morgan fingerprint density at radius 3 is 2.31 bits per heavy atom. The van der Waals surface area contributed by atoms with Crippen molar-refractivity contribution >= 4 is 39.9 Å². The first-order valence-corrected chi connectivity index (χ1v) is 8.69. The highest BCUT2D eigenvalue weighted by atomic mass is 35.5. The Morgan fingerprint density at radius 1 is 1.04 bits per heavy atom. The summed E-state index contributed by atoms with van der Waals surface area (Å²) in [5, 5.41) is 4.29. The molecule has 3 rings (SSSR count). The van der Waals surface area contributed by atoms with E-state index in [0.29, 0.717) is 27.6 Å². The Morgan fingerprint density at radius 2 is 1.69 bits per heavy atom. The number of fused-ring (bicyclic) bond motifs is 1. The SMILES string of the molecule is Cc1c(C(=O)c2ccc(Cl)cc2)oc2cc(NC(=O)C(C)(C)C)ccc12. The molecule has 0 atom stereocenters. The van der Waals surface area contributed by atoms with Gasteiger partial charge in [0.05, 0.1) is 0 Å². The second-order valence-corrected chi connectivity index (χ2v) is 7.74. The molecule has 26 heavy (non-hydrogen) atoms. The van der Waals surface area contributed by atoms with Crippen molar-refractivity contribution in [2.75, 3.05) is 5.32 Å². The molecule has 1 heterocycles. The summed E-state index contributed by atoms with van der Waals surface area (Å²) < 4.78 is 5.82. The van der Waals surface area contributed by atoms with Gasteiger partial charge < -0.3 is 9.73 Å². The van der Waals surface area contributed by atoms with Gasteiger partial charge in [-0.05, 0) is 43.3 Å². The van der Waals surface area contributed by atoms with Crippen molar-refractivity contribution in [1.82, 2.24) is 0 Å². The maximum Gasteiger partial charge on any atom is 0.229 e. The summed E-state index contributed by atoms with van der Waals surface area (Å²) in [5.41, 5.74) is 1.98. The highest BCUT2D eigenvalue weighted by Crippen LogP contribution is 2.30. The van der Waals surface area contributed by atoms with Crippen LogP contribution in [0.15, 0.2) is 46.9 Å². The molecule has 5 heteroatoms. The Hall–Kier alpha value is -2.59. The second kappa shape index (κ2) is 6.61. The topological polar surface area (TPSA) is 59.3 Å². The molecule has 4 nitrogen and oxygen atoms in total. The van der Waals surface area contributed by atoms with Crippen LogP contribution in [-0.2, 0) is 4.79 Å². The molecule has 0 radical (unpaired) electrons. The number of carbonyl (C=O) groups is 2. The number of furan rings is 1. The van der Waals surface area contributed by atoms with Gasteiger partial charge in [-0.2, -0.15) is 0 Å². The number of ketones is 1. The van der Waals surface area contributed by atoms with Crippen molar-refractivity contribution in [2.45, 2.75) is 27.7 Å². The lowest BCUT2D eigenvalue weighted by Crippen LogP contribution is -2.27.